The molecule has 3 atom stereocenters. The molecule has 2 aliphatic rings. The number of carbonyl (C=O) groups excluding carboxylic acids is 4. The molecule has 0 saturated carbocycles. The fraction of sp³-hybridized carbons (Fsp3) is 0.435. The number of aromatic nitrogens is 2. The van der Waals surface area contributed by atoms with Crippen molar-refractivity contribution in [3.05, 3.63) is 51.6 Å². The van der Waals surface area contributed by atoms with Crippen molar-refractivity contribution in [2.75, 3.05) is 6.54 Å². The van der Waals surface area contributed by atoms with Gasteiger partial charge in [0, 0.05) is 32.1 Å². The van der Waals surface area contributed by atoms with E-state index in [2.05, 4.69) is 38.2 Å². The molecule has 4 amide bonds. The molecule has 4 N–H and O–H groups in total. The van der Waals surface area contributed by atoms with Crippen LogP contribution < -0.4 is 16.4 Å². The Morgan fingerprint density at radius 3 is 2.68 bits per heavy atom. The van der Waals surface area contributed by atoms with Crippen LogP contribution in [0.1, 0.15) is 36.9 Å². The maximum atomic E-state index is 13.4. The highest BCUT2D eigenvalue weighted by Gasteiger charge is 2.38. The highest BCUT2D eigenvalue weighted by Crippen LogP contribution is 2.20. The Morgan fingerprint density at radius 2 is 2.00 bits per heavy atom. The number of amides is 4. The average molecular weight is 578 g/mol. The van der Waals surface area contributed by atoms with Gasteiger partial charge in [-0.05, 0) is 47.4 Å². The van der Waals surface area contributed by atoms with Gasteiger partial charge in [0.05, 0.1) is 5.69 Å². The molecule has 2 fully saturated rings. The molecule has 2 saturated heterocycles. The average Bonchev–Trinajstić information content (AvgIpc) is 3.54. The van der Waals surface area contributed by atoms with E-state index in [1.54, 1.807) is 0 Å². The molecule has 0 spiro atoms. The summed E-state index contributed by atoms with van der Waals surface area (Å²) in [5.74, 6) is -1.53. The second kappa shape index (κ2) is 10.5. The van der Waals surface area contributed by atoms with Gasteiger partial charge >= 0.3 is 0 Å². The van der Waals surface area contributed by atoms with Crippen LogP contribution >= 0.6 is 22.6 Å². The molecule has 1 aromatic carbocycles. The lowest BCUT2D eigenvalue weighted by molar-refractivity contribution is -0.140. The second-order valence-electron chi connectivity index (χ2n) is 8.63. The first-order chi connectivity index (χ1) is 16.3. The van der Waals surface area contributed by atoms with Gasteiger partial charge in [0.2, 0.25) is 23.6 Å². The summed E-state index contributed by atoms with van der Waals surface area (Å²) in [6.45, 7) is 1.03. The summed E-state index contributed by atoms with van der Waals surface area (Å²) < 4.78 is 2.74. The van der Waals surface area contributed by atoms with Gasteiger partial charge in [-0.2, -0.15) is 0 Å². The molecular weight excluding hydrogens is 551 g/mol. The Balaban J connectivity index is 1.53. The zero-order chi connectivity index (χ0) is 24.2. The maximum Gasteiger partial charge on any atom is 0.246 e. The van der Waals surface area contributed by atoms with Crippen LogP contribution in [0, 0.1) is 3.83 Å². The number of nitrogens with one attached hydrogen (secondary N) is 2. The summed E-state index contributed by atoms with van der Waals surface area (Å²) in [5, 5.41) is 5.42. The van der Waals surface area contributed by atoms with Gasteiger partial charge in [-0.1, -0.05) is 30.3 Å². The molecule has 3 heterocycles. The molecule has 1 aromatic heterocycles. The molecule has 0 aliphatic carbocycles. The fourth-order valence-electron chi connectivity index (χ4n) is 4.45. The molecule has 0 bridgehead atoms. The molecule has 0 radical (unpaired) electrons. The van der Waals surface area contributed by atoms with Gasteiger partial charge in [-0.15, -0.1) is 0 Å². The molecule has 2 aliphatic heterocycles. The summed E-state index contributed by atoms with van der Waals surface area (Å²) in [4.78, 5) is 55.7. The van der Waals surface area contributed by atoms with E-state index < -0.39 is 29.9 Å². The number of halogens is 1. The van der Waals surface area contributed by atoms with Crippen molar-refractivity contribution in [3.8, 4) is 0 Å². The Kier molecular flexibility index (Phi) is 7.49. The summed E-state index contributed by atoms with van der Waals surface area (Å²) >= 11 is 2.14. The summed E-state index contributed by atoms with van der Waals surface area (Å²) in [6, 6.07) is 7.65. The van der Waals surface area contributed by atoms with Crippen molar-refractivity contribution in [2.24, 2.45) is 5.73 Å². The second-order valence-corrected chi connectivity index (χ2v) is 9.60. The smallest absolute Gasteiger partial charge is 0.246 e. The third-order valence-corrected chi connectivity index (χ3v) is 7.04. The minimum Gasteiger partial charge on any atom is -0.368 e. The van der Waals surface area contributed by atoms with E-state index in [1.165, 1.54) is 4.90 Å². The zero-order valence-electron chi connectivity index (χ0n) is 18.6. The normalized spacial score (nSPS) is 20.7. The number of carbonyl (C=O) groups is 4. The number of nitrogens with two attached hydrogens (primary N) is 1. The molecule has 4 rings (SSSR count). The van der Waals surface area contributed by atoms with Gasteiger partial charge in [0.1, 0.15) is 18.1 Å². The van der Waals surface area contributed by atoms with E-state index in [-0.39, 0.29) is 24.7 Å². The predicted molar refractivity (Wildman–Crippen MR) is 131 cm³/mol. The first kappa shape index (κ1) is 24.2. The molecule has 11 heteroatoms. The Morgan fingerprint density at radius 1 is 1.24 bits per heavy atom. The monoisotopic (exact) mass is 578 g/mol. The molecule has 34 heavy (non-hydrogen) atoms. The Labute approximate surface area is 210 Å². The number of imidazole rings is 1. The van der Waals surface area contributed by atoms with Crippen molar-refractivity contribution in [3.63, 3.8) is 0 Å². The highest BCUT2D eigenvalue weighted by molar-refractivity contribution is 14.1. The van der Waals surface area contributed by atoms with Crippen molar-refractivity contribution in [1.29, 1.82) is 0 Å². The van der Waals surface area contributed by atoms with Crippen LogP contribution in [-0.2, 0) is 32.1 Å². The summed E-state index contributed by atoms with van der Waals surface area (Å²) in [6.07, 6.45) is 3.85. The number of nitrogens with zero attached hydrogens (tertiary/aromatic N) is 3. The largest absolute Gasteiger partial charge is 0.368 e. The van der Waals surface area contributed by atoms with E-state index in [0.29, 0.717) is 38.0 Å². The van der Waals surface area contributed by atoms with E-state index in [0.717, 1.165) is 9.39 Å². The van der Waals surface area contributed by atoms with Crippen LogP contribution in [0.25, 0.3) is 0 Å². The van der Waals surface area contributed by atoms with E-state index in [9.17, 15) is 19.2 Å². The van der Waals surface area contributed by atoms with Gasteiger partial charge in [0.25, 0.3) is 0 Å². The molecule has 10 nitrogen and oxygen atoms in total. The molecular formula is C23H27IN6O4. The Bertz CT molecular complexity index is 1090. The van der Waals surface area contributed by atoms with Gasteiger partial charge < -0.3 is 25.8 Å². The lowest BCUT2D eigenvalue weighted by Gasteiger charge is -2.28. The Hall–Kier alpha value is -2.96. The quantitative estimate of drug-likeness (QED) is 0.388. The number of hydrogen-bond acceptors (Lipinski definition) is 5. The van der Waals surface area contributed by atoms with Crippen LogP contribution in [0.2, 0.25) is 0 Å². The minimum atomic E-state index is -0.930. The summed E-state index contributed by atoms with van der Waals surface area (Å²) in [7, 11) is 0. The number of hydrogen-bond donors (Lipinski definition) is 3. The van der Waals surface area contributed by atoms with Crippen molar-refractivity contribution in [1.82, 2.24) is 25.1 Å². The van der Waals surface area contributed by atoms with Crippen LogP contribution in [0.15, 0.2) is 36.5 Å². The number of rotatable bonds is 8. The zero-order valence-corrected chi connectivity index (χ0v) is 20.7. The first-order valence-electron chi connectivity index (χ1n) is 11.3. The number of benzene rings is 1. The van der Waals surface area contributed by atoms with E-state index >= 15 is 0 Å². The molecule has 0 unspecified atom stereocenters. The third-order valence-electron chi connectivity index (χ3n) is 6.18. The summed E-state index contributed by atoms with van der Waals surface area (Å²) in [5.41, 5.74) is 7.26. The molecule has 180 valence electrons. The lowest BCUT2D eigenvalue weighted by atomic mass is 10.1. The number of primary amides is 1. The van der Waals surface area contributed by atoms with Crippen LogP contribution in [0.5, 0.6) is 0 Å². The number of likely N-dealkylation sites (tertiary alicyclic amines) is 1. The van der Waals surface area contributed by atoms with Gasteiger partial charge in [-0.25, -0.2) is 4.98 Å². The SMILES string of the molecule is NC(=O)[C@@H]1CCCN1C(=O)[C@H](Cc1cn(Cc2ccccc2)c(I)n1)NC(=O)[C@@H]1CCC(=O)N1. The van der Waals surface area contributed by atoms with E-state index in [1.807, 2.05) is 41.1 Å². The van der Waals surface area contributed by atoms with Gasteiger partial charge in [0.15, 0.2) is 3.83 Å². The van der Waals surface area contributed by atoms with Crippen molar-refractivity contribution >= 4 is 46.2 Å². The first-order valence-corrected chi connectivity index (χ1v) is 12.3. The lowest BCUT2D eigenvalue weighted by Crippen LogP contribution is -2.56. The minimum absolute atomic E-state index is 0.158. The predicted octanol–water partition coefficient (Wildman–Crippen LogP) is 0.318. The van der Waals surface area contributed by atoms with Gasteiger partial charge in [-0.3, -0.25) is 19.2 Å². The molecule has 2 aromatic rings. The van der Waals surface area contributed by atoms with Crippen LogP contribution in [-0.4, -0.2) is 62.7 Å². The van der Waals surface area contributed by atoms with E-state index in [4.69, 9.17) is 5.73 Å². The van der Waals surface area contributed by atoms with Crippen LogP contribution in [0.4, 0.5) is 0 Å². The third kappa shape index (κ3) is 5.57. The highest BCUT2D eigenvalue weighted by atomic mass is 127. The van der Waals surface area contributed by atoms with Crippen molar-refractivity contribution in [2.45, 2.75) is 56.8 Å². The maximum absolute atomic E-state index is 13.4. The standard InChI is InChI=1S/C23H27IN6O4/c24-23-26-15(13-29(23)12-14-5-2-1-3-6-14)11-17(28-21(33)16-8-9-19(31)27-16)22(34)30-10-4-7-18(30)20(25)32/h1-3,5-6,13,16-18H,4,7-12H2,(H2,25,32)(H,27,31)(H,28,33)/t16-,17-,18-/m0/s1. The van der Waals surface area contributed by atoms with Crippen molar-refractivity contribution < 1.29 is 19.2 Å². The van der Waals surface area contributed by atoms with Crippen LogP contribution in [0.3, 0.4) is 0 Å². The topological polar surface area (TPSA) is 139 Å². The fourth-order valence-corrected chi connectivity index (χ4v) is 5.07.